The zero-order valence-corrected chi connectivity index (χ0v) is 17.1. The number of hydrogen-bond acceptors (Lipinski definition) is 6. The lowest BCUT2D eigenvalue weighted by molar-refractivity contribution is -0.123. The van der Waals surface area contributed by atoms with E-state index in [0.29, 0.717) is 19.0 Å². The summed E-state index contributed by atoms with van der Waals surface area (Å²) in [5.74, 6) is 1.95. The number of carbonyl (C=O) groups excluding carboxylic acids is 1. The number of aromatic nitrogens is 4. The van der Waals surface area contributed by atoms with Gasteiger partial charge in [0.25, 0.3) is 0 Å². The average molecular weight is 407 g/mol. The zero-order chi connectivity index (χ0) is 20.9. The van der Waals surface area contributed by atoms with Gasteiger partial charge < -0.3 is 14.8 Å². The van der Waals surface area contributed by atoms with Crippen LogP contribution >= 0.6 is 0 Å². The van der Waals surface area contributed by atoms with Gasteiger partial charge in [-0.3, -0.25) is 4.79 Å². The van der Waals surface area contributed by atoms with Gasteiger partial charge in [-0.1, -0.05) is 50.2 Å². The first kappa shape index (κ1) is 19.9. The van der Waals surface area contributed by atoms with E-state index in [0.717, 1.165) is 29.0 Å². The monoisotopic (exact) mass is 407 g/mol. The lowest BCUT2D eigenvalue weighted by atomic mass is 9.95. The van der Waals surface area contributed by atoms with Crippen LogP contribution in [0.4, 0.5) is 0 Å². The maximum atomic E-state index is 12.7. The van der Waals surface area contributed by atoms with Crippen molar-refractivity contribution in [2.75, 3.05) is 13.2 Å². The Labute approximate surface area is 175 Å². The summed E-state index contributed by atoms with van der Waals surface area (Å²) in [6, 6.07) is 15.2. The molecule has 4 rings (SSSR count). The summed E-state index contributed by atoms with van der Waals surface area (Å²) in [6.45, 7) is 5.39. The van der Waals surface area contributed by atoms with Crippen LogP contribution < -0.4 is 14.8 Å². The van der Waals surface area contributed by atoms with Crippen LogP contribution in [0.2, 0.25) is 0 Å². The highest BCUT2D eigenvalue weighted by atomic mass is 16.5. The first-order valence-corrected chi connectivity index (χ1v) is 10.1. The first-order chi connectivity index (χ1) is 14.6. The number of hydrogen-bond donors (Lipinski definition) is 1. The molecule has 2 aromatic carbocycles. The fraction of sp³-hybridized carbons (Fsp3) is 0.364. The van der Waals surface area contributed by atoms with Crippen molar-refractivity contribution in [2.45, 2.75) is 32.9 Å². The molecule has 1 atom stereocenters. The Morgan fingerprint density at radius 2 is 1.87 bits per heavy atom. The van der Waals surface area contributed by atoms with Crippen LogP contribution in [0, 0.1) is 5.92 Å². The molecule has 1 amide bonds. The van der Waals surface area contributed by atoms with Crippen molar-refractivity contribution in [2.24, 2.45) is 5.92 Å². The van der Waals surface area contributed by atoms with Crippen LogP contribution in [0.5, 0.6) is 11.5 Å². The van der Waals surface area contributed by atoms with Gasteiger partial charge in [0, 0.05) is 12.0 Å². The molecule has 2 heterocycles. The van der Waals surface area contributed by atoms with Crippen LogP contribution in [-0.4, -0.2) is 39.3 Å². The van der Waals surface area contributed by atoms with Gasteiger partial charge >= 0.3 is 0 Å². The van der Waals surface area contributed by atoms with E-state index >= 15 is 0 Å². The molecule has 0 saturated carbocycles. The highest BCUT2D eigenvalue weighted by Gasteiger charge is 2.22. The predicted molar refractivity (Wildman–Crippen MR) is 111 cm³/mol. The number of nitrogens with zero attached hydrogens (tertiary/aromatic N) is 4. The summed E-state index contributed by atoms with van der Waals surface area (Å²) >= 11 is 0. The van der Waals surface area contributed by atoms with Crippen LogP contribution in [0.25, 0.3) is 11.4 Å². The molecule has 0 bridgehead atoms. The Kier molecular flexibility index (Phi) is 5.92. The SMILES string of the molecule is CC(C)[C@@H](NC(=O)Cn1nnc(-c2ccccc2)n1)c1ccc2c(c1)OCCCO2. The van der Waals surface area contributed by atoms with Gasteiger partial charge in [0.2, 0.25) is 11.7 Å². The minimum absolute atomic E-state index is 0.00634. The Morgan fingerprint density at radius 3 is 2.63 bits per heavy atom. The summed E-state index contributed by atoms with van der Waals surface area (Å²) in [7, 11) is 0. The van der Waals surface area contributed by atoms with Gasteiger partial charge in [0.15, 0.2) is 11.5 Å². The third-order valence-electron chi connectivity index (χ3n) is 4.88. The molecule has 0 saturated heterocycles. The second kappa shape index (κ2) is 8.94. The van der Waals surface area contributed by atoms with E-state index in [2.05, 4.69) is 34.6 Å². The molecular weight excluding hydrogens is 382 g/mol. The number of rotatable bonds is 6. The topological polar surface area (TPSA) is 91.2 Å². The summed E-state index contributed by atoms with van der Waals surface area (Å²) < 4.78 is 11.5. The predicted octanol–water partition coefficient (Wildman–Crippen LogP) is 3.01. The van der Waals surface area contributed by atoms with E-state index in [1.165, 1.54) is 4.80 Å². The van der Waals surface area contributed by atoms with Gasteiger partial charge in [-0.05, 0) is 28.8 Å². The molecule has 0 unspecified atom stereocenters. The average Bonchev–Trinajstić information content (AvgIpc) is 3.08. The quantitative estimate of drug-likeness (QED) is 0.675. The molecule has 3 aromatic rings. The summed E-state index contributed by atoms with van der Waals surface area (Å²) in [5.41, 5.74) is 1.83. The van der Waals surface area contributed by atoms with E-state index < -0.39 is 0 Å². The first-order valence-electron chi connectivity index (χ1n) is 10.1. The number of benzene rings is 2. The molecule has 1 N–H and O–H groups in total. The van der Waals surface area contributed by atoms with Crippen molar-refractivity contribution in [3.8, 4) is 22.9 Å². The van der Waals surface area contributed by atoms with Crippen molar-refractivity contribution >= 4 is 5.91 Å². The third-order valence-corrected chi connectivity index (χ3v) is 4.88. The van der Waals surface area contributed by atoms with Gasteiger partial charge in [-0.15, -0.1) is 10.2 Å². The Balaban J connectivity index is 1.45. The molecule has 0 radical (unpaired) electrons. The van der Waals surface area contributed by atoms with Gasteiger partial charge in [0.1, 0.15) is 6.54 Å². The number of fused-ring (bicyclic) bond motifs is 1. The molecule has 1 aliphatic heterocycles. The van der Waals surface area contributed by atoms with E-state index in [-0.39, 0.29) is 24.4 Å². The molecule has 1 aliphatic rings. The van der Waals surface area contributed by atoms with Crippen LogP contribution in [-0.2, 0) is 11.3 Å². The number of nitrogens with one attached hydrogen (secondary N) is 1. The number of tetrazole rings is 1. The summed E-state index contributed by atoms with van der Waals surface area (Å²) in [5, 5.41) is 15.4. The fourth-order valence-corrected chi connectivity index (χ4v) is 3.37. The van der Waals surface area contributed by atoms with E-state index in [1.807, 2.05) is 48.5 Å². The number of carbonyl (C=O) groups is 1. The third kappa shape index (κ3) is 4.59. The number of amides is 1. The maximum absolute atomic E-state index is 12.7. The van der Waals surface area contributed by atoms with Crippen LogP contribution in [0.15, 0.2) is 48.5 Å². The van der Waals surface area contributed by atoms with Crippen LogP contribution in [0.1, 0.15) is 31.9 Å². The summed E-state index contributed by atoms with van der Waals surface area (Å²) in [6.07, 6.45) is 0.851. The second-order valence-corrected chi connectivity index (χ2v) is 7.56. The van der Waals surface area contributed by atoms with Crippen molar-refractivity contribution in [1.29, 1.82) is 0 Å². The molecule has 0 spiro atoms. The second-order valence-electron chi connectivity index (χ2n) is 7.56. The lowest BCUT2D eigenvalue weighted by Gasteiger charge is -2.23. The molecule has 0 fully saturated rings. The lowest BCUT2D eigenvalue weighted by Crippen LogP contribution is -2.34. The Hall–Kier alpha value is -3.42. The number of ether oxygens (including phenoxy) is 2. The molecule has 156 valence electrons. The standard InChI is InChI=1S/C22H25N5O3/c1-15(2)21(17-9-10-18-19(13-17)30-12-6-11-29-18)23-20(28)14-27-25-22(24-26-27)16-7-4-3-5-8-16/h3-5,7-10,13,15,21H,6,11-12,14H2,1-2H3,(H,23,28)/t21-/m1/s1. The zero-order valence-electron chi connectivity index (χ0n) is 17.1. The molecule has 1 aromatic heterocycles. The summed E-state index contributed by atoms with van der Waals surface area (Å²) in [4.78, 5) is 14.0. The largest absolute Gasteiger partial charge is 0.490 e. The van der Waals surface area contributed by atoms with Gasteiger partial charge in [-0.25, -0.2) is 0 Å². The Morgan fingerprint density at radius 1 is 1.10 bits per heavy atom. The van der Waals surface area contributed by atoms with Crippen molar-refractivity contribution < 1.29 is 14.3 Å². The normalized spacial score (nSPS) is 14.2. The van der Waals surface area contributed by atoms with Crippen molar-refractivity contribution in [3.05, 3.63) is 54.1 Å². The molecule has 0 aliphatic carbocycles. The maximum Gasteiger partial charge on any atom is 0.244 e. The molecular formula is C22H25N5O3. The van der Waals surface area contributed by atoms with Crippen LogP contribution in [0.3, 0.4) is 0 Å². The van der Waals surface area contributed by atoms with Gasteiger partial charge in [-0.2, -0.15) is 4.80 Å². The van der Waals surface area contributed by atoms with E-state index in [1.54, 1.807) is 0 Å². The molecule has 8 heteroatoms. The van der Waals surface area contributed by atoms with Gasteiger partial charge in [0.05, 0.1) is 19.3 Å². The molecule has 30 heavy (non-hydrogen) atoms. The molecule has 8 nitrogen and oxygen atoms in total. The smallest absolute Gasteiger partial charge is 0.244 e. The van der Waals surface area contributed by atoms with Crippen molar-refractivity contribution in [1.82, 2.24) is 25.5 Å². The Bertz CT molecular complexity index is 1000. The van der Waals surface area contributed by atoms with E-state index in [9.17, 15) is 4.79 Å². The minimum Gasteiger partial charge on any atom is -0.490 e. The minimum atomic E-state index is -0.183. The van der Waals surface area contributed by atoms with E-state index in [4.69, 9.17) is 9.47 Å². The fourth-order valence-electron chi connectivity index (χ4n) is 3.37. The highest BCUT2D eigenvalue weighted by molar-refractivity contribution is 5.76. The highest BCUT2D eigenvalue weighted by Crippen LogP contribution is 2.34. The van der Waals surface area contributed by atoms with Crippen molar-refractivity contribution in [3.63, 3.8) is 0 Å².